The summed E-state index contributed by atoms with van der Waals surface area (Å²) in [6.45, 7) is 0.973. The smallest absolute Gasteiger partial charge is 0.264 e. The number of amides is 1. The number of hydrogen-bond acceptors (Lipinski definition) is 7. The van der Waals surface area contributed by atoms with E-state index >= 15 is 0 Å². The van der Waals surface area contributed by atoms with Crippen LogP contribution < -0.4 is 10.5 Å². The van der Waals surface area contributed by atoms with E-state index in [1.165, 1.54) is 6.33 Å². The molecule has 2 fully saturated rings. The van der Waals surface area contributed by atoms with Crippen LogP contribution in [0.5, 0.6) is 11.5 Å². The maximum absolute atomic E-state index is 13.5. The number of halogens is 2. The Balaban J connectivity index is 1.29. The van der Waals surface area contributed by atoms with Gasteiger partial charge in [-0.25, -0.2) is 23.4 Å². The molecule has 0 bridgehead atoms. The lowest BCUT2D eigenvalue weighted by atomic mass is 10.1. The second kappa shape index (κ2) is 9.79. The summed E-state index contributed by atoms with van der Waals surface area (Å²) in [6, 6.07) is 11.8. The molecule has 1 amide bonds. The number of nitrogens with two attached hydrogens (primary N) is 1. The van der Waals surface area contributed by atoms with Crippen LogP contribution in [0.15, 0.2) is 59.9 Å². The highest BCUT2D eigenvalue weighted by atomic mass is 19.1. The number of hydrogen-bond donors (Lipinski definition) is 1. The molecule has 2 aliphatic rings. The third-order valence-corrected chi connectivity index (χ3v) is 6.96. The number of carbonyl (C=O) groups excluding carboxylic acids is 1. The van der Waals surface area contributed by atoms with Crippen LogP contribution >= 0.6 is 0 Å². The molecular formula is C28H23F2N7O2. The number of aromatic nitrogens is 4. The summed E-state index contributed by atoms with van der Waals surface area (Å²) in [5, 5.41) is 14.9. The fourth-order valence-electron chi connectivity index (χ4n) is 4.99. The van der Waals surface area contributed by atoms with Crippen molar-refractivity contribution in [1.29, 1.82) is 5.26 Å². The Morgan fingerprint density at radius 1 is 1.10 bits per heavy atom. The average Bonchev–Trinajstić information content (AvgIpc) is 3.51. The monoisotopic (exact) mass is 527 g/mol. The number of rotatable bonds is 6. The lowest BCUT2D eigenvalue weighted by Gasteiger charge is -2.24. The average molecular weight is 528 g/mol. The molecule has 39 heavy (non-hydrogen) atoms. The number of nitriles is 1. The number of nitrogens with zero attached hydrogens (tertiary/aromatic N) is 6. The van der Waals surface area contributed by atoms with Gasteiger partial charge < -0.3 is 15.4 Å². The van der Waals surface area contributed by atoms with E-state index in [4.69, 9.17) is 15.6 Å². The quantitative estimate of drug-likeness (QED) is 0.284. The molecule has 1 saturated heterocycles. The maximum atomic E-state index is 13.5. The Hall–Kier alpha value is -4.85. The van der Waals surface area contributed by atoms with Gasteiger partial charge in [0, 0.05) is 30.3 Å². The fourth-order valence-corrected chi connectivity index (χ4v) is 4.99. The van der Waals surface area contributed by atoms with Gasteiger partial charge in [-0.15, -0.1) is 0 Å². The van der Waals surface area contributed by atoms with Gasteiger partial charge in [-0.05, 0) is 55.5 Å². The van der Waals surface area contributed by atoms with Crippen molar-refractivity contribution in [3.63, 3.8) is 0 Å². The van der Waals surface area contributed by atoms with Crippen LogP contribution in [0.4, 0.5) is 14.6 Å². The van der Waals surface area contributed by atoms with E-state index in [0.717, 1.165) is 49.5 Å². The molecule has 1 unspecified atom stereocenters. The summed E-state index contributed by atoms with van der Waals surface area (Å²) in [6.07, 6.45) is 4.60. The van der Waals surface area contributed by atoms with E-state index in [1.54, 1.807) is 33.8 Å². The van der Waals surface area contributed by atoms with Gasteiger partial charge in [0.1, 0.15) is 52.6 Å². The predicted octanol–water partition coefficient (Wildman–Crippen LogP) is 4.75. The third kappa shape index (κ3) is 4.77. The molecule has 0 radical (unpaired) electrons. The van der Waals surface area contributed by atoms with Gasteiger partial charge in [0.05, 0.1) is 18.0 Å². The minimum Gasteiger partial charge on any atom is -0.457 e. The second-order valence-electron chi connectivity index (χ2n) is 9.60. The Kier molecular flexibility index (Phi) is 6.15. The van der Waals surface area contributed by atoms with E-state index in [1.807, 2.05) is 0 Å². The first-order valence-electron chi connectivity index (χ1n) is 12.6. The zero-order chi connectivity index (χ0) is 27.1. The Morgan fingerprint density at radius 2 is 1.85 bits per heavy atom. The largest absolute Gasteiger partial charge is 0.457 e. The van der Waals surface area contributed by atoms with Crippen LogP contribution in [-0.4, -0.2) is 43.1 Å². The number of fused-ring (bicyclic) bond motifs is 1. The molecule has 196 valence electrons. The van der Waals surface area contributed by atoms with Gasteiger partial charge in [0.25, 0.3) is 5.91 Å². The lowest BCUT2D eigenvalue weighted by Crippen LogP contribution is -2.39. The standard InChI is InChI=1S/C28H23F2N7O2/c29-18-10-19(30)12-22(11-18)39-21-7-5-17(6-8-21)25-24-26(32)33-15-34-27(24)37(35-25)14-20-2-1-9-36(20)28(38)23(13-31)16-3-4-16/h5-8,10-12,15,20H,1-4,9,14H2,(H2,32,33,34). The molecule has 1 aliphatic heterocycles. The van der Waals surface area contributed by atoms with E-state index in [-0.39, 0.29) is 29.1 Å². The molecule has 0 spiro atoms. The second-order valence-corrected chi connectivity index (χ2v) is 9.60. The Morgan fingerprint density at radius 3 is 2.54 bits per heavy atom. The van der Waals surface area contributed by atoms with Crippen molar-refractivity contribution < 1.29 is 18.3 Å². The summed E-state index contributed by atoms with van der Waals surface area (Å²) >= 11 is 0. The summed E-state index contributed by atoms with van der Waals surface area (Å²) in [5.41, 5.74) is 9.24. The van der Waals surface area contributed by atoms with Crippen molar-refractivity contribution in [1.82, 2.24) is 24.6 Å². The van der Waals surface area contributed by atoms with Gasteiger partial charge in [0.2, 0.25) is 0 Å². The summed E-state index contributed by atoms with van der Waals surface area (Å²) in [5.74, 6) is -0.988. The molecule has 2 aromatic heterocycles. The van der Waals surface area contributed by atoms with Crippen LogP contribution in [0.25, 0.3) is 22.3 Å². The summed E-state index contributed by atoms with van der Waals surface area (Å²) in [7, 11) is 0. The van der Waals surface area contributed by atoms with Crippen LogP contribution in [0, 0.1) is 23.0 Å². The van der Waals surface area contributed by atoms with Gasteiger partial charge in [-0.2, -0.15) is 10.4 Å². The number of likely N-dealkylation sites (tertiary alicyclic amines) is 1. The molecule has 1 aliphatic carbocycles. The van der Waals surface area contributed by atoms with Crippen LogP contribution in [0.2, 0.25) is 0 Å². The first kappa shape index (κ1) is 24.5. The highest BCUT2D eigenvalue weighted by molar-refractivity contribution is 5.99. The summed E-state index contributed by atoms with van der Waals surface area (Å²) < 4.78 is 34.4. The van der Waals surface area contributed by atoms with Crippen LogP contribution in [0.1, 0.15) is 25.7 Å². The van der Waals surface area contributed by atoms with Crippen molar-refractivity contribution in [2.75, 3.05) is 12.3 Å². The third-order valence-electron chi connectivity index (χ3n) is 6.96. The zero-order valence-electron chi connectivity index (χ0n) is 20.8. The topological polar surface area (TPSA) is 123 Å². The number of anilines is 1. The normalized spacial score (nSPS) is 16.4. The molecule has 6 rings (SSSR count). The molecule has 3 heterocycles. The van der Waals surface area contributed by atoms with Crippen molar-refractivity contribution in [3.8, 4) is 28.8 Å². The maximum Gasteiger partial charge on any atom is 0.264 e. The van der Waals surface area contributed by atoms with Gasteiger partial charge in [-0.1, -0.05) is 0 Å². The first-order valence-corrected chi connectivity index (χ1v) is 12.6. The molecule has 4 aromatic rings. The molecule has 1 saturated carbocycles. The summed E-state index contributed by atoms with van der Waals surface area (Å²) in [4.78, 5) is 23.5. The van der Waals surface area contributed by atoms with E-state index in [0.29, 0.717) is 41.1 Å². The SMILES string of the molecule is N#CC(C(=O)N1CCCC1Cn1nc(-c2ccc(Oc3cc(F)cc(F)c3)cc2)c2c(N)ncnc21)=C1CC1. The molecule has 1 atom stereocenters. The molecule has 11 heteroatoms. The van der Waals surface area contributed by atoms with Gasteiger partial charge in [0.15, 0.2) is 5.65 Å². The Bertz CT molecular complexity index is 1650. The van der Waals surface area contributed by atoms with E-state index < -0.39 is 11.6 Å². The van der Waals surface area contributed by atoms with Crippen molar-refractivity contribution in [2.45, 2.75) is 38.3 Å². The first-order chi connectivity index (χ1) is 18.9. The van der Waals surface area contributed by atoms with Gasteiger partial charge >= 0.3 is 0 Å². The minimum absolute atomic E-state index is 0.0418. The number of carbonyl (C=O) groups is 1. The molecular weight excluding hydrogens is 504 g/mol. The predicted molar refractivity (Wildman–Crippen MR) is 138 cm³/mol. The van der Waals surface area contributed by atoms with Crippen molar-refractivity contribution >= 4 is 22.8 Å². The lowest BCUT2D eigenvalue weighted by molar-refractivity contribution is -0.127. The number of ether oxygens (including phenoxy) is 1. The highest BCUT2D eigenvalue weighted by Crippen LogP contribution is 2.35. The fraction of sp³-hybridized carbons (Fsp3) is 0.250. The number of nitrogen functional groups attached to an aromatic ring is 1. The van der Waals surface area contributed by atoms with E-state index in [9.17, 15) is 18.8 Å². The Labute approximate surface area is 222 Å². The molecule has 2 aromatic carbocycles. The zero-order valence-corrected chi connectivity index (χ0v) is 20.8. The highest BCUT2D eigenvalue weighted by Gasteiger charge is 2.34. The molecule has 2 N–H and O–H groups in total. The molecule has 9 nitrogen and oxygen atoms in total. The van der Waals surface area contributed by atoms with Crippen LogP contribution in [0.3, 0.4) is 0 Å². The number of allylic oxidation sites excluding steroid dienone is 1. The number of benzene rings is 2. The van der Waals surface area contributed by atoms with E-state index in [2.05, 4.69) is 16.0 Å². The van der Waals surface area contributed by atoms with Crippen molar-refractivity contribution in [3.05, 3.63) is 71.6 Å². The minimum atomic E-state index is -0.732. The van der Waals surface area contributed by atoms with Gasteiger partial charge in [-0.3, -0.25) is 4.79 Å². The van der Waals surface area contributed by atoms with Crippen molar-refractivity contribution in [2.24, 2.45) is 0 Å². The van der Waals surface area contributed by atoms with Crippen LogP contribution in [-0.2, 0) is 11.3 Å².